The number of esters is 1. The van der Waals surface area contributed by atoms with Crippen LogP contribution >= 0.6 is 0 Å². The Morgan fingerprint density at radius 2 is 1.93 bits per heavy atom. The number of benzene rings is 2. The monoisotopic (exact) mass is 369 g/mol. The summed E-state index contributed by atoms with van der Waals surface area (Å²) in [4.78, 5) is 22.4. The molecule has 9 nitrogen and oxygen atoms in total. The molecule has 138 valence electrons. The Morgan fingerprint density at radius 3 is 2.56 bits per heavy atom. The summed E-state index contributed by atoms with van der Waals surface area (Å²) < 4.78 is 10.7. The van der Waals surface area contributed by atoms with Gasteiger partial charge in [0.15, 0.2) is 6.10 Å². The molecule has 0 spiro atoms. The van der Waals surface area contributed by atoms with Crippen LogP contribution in [0.3, 0.4) is 0 Å². The molecule has 0 unspecified atom stereocenters. The number of rotatable bonds is 5. The largest absolute Gasteiger partial charge is 0.507 e. The Morgan fingerprint density at radius 1 is 1.22 bits per heavy atom. The molecule has 1 heterocycles. The van der Waals surface area contributed by atoms with Gasteiger partial charge in [-0.3, -0.25) is 10.1 Å². The number of hydrogen-bond donors (Lipinski definition) is 1. The average molecular weight is 369 g/mol. The molecule has 0 fully saturated rings. The van der Waals surface area contributed by atoms with Crippen LogP contribution in [0.25, 0.3) is 11.5 Å². The van der Waals surface area contributed by atoms with Crippen LogP contribution in [0.5, 0.6) is 5.75 Å². The number of nitro benzene ring substituents is 1. The molecule has 0 bridgehead atoms. The lowest BCUT2D eigenvalue weighted by Gasteiger charge is -2.10. The zero-order valence-corrected chi connectivity index (χ0v) is 14.4. The van der Waals surface area contributed by atoms with Gasteiger partial charge in [-0.1, -0.05) is 6.07 Å². The maximum Gasteiger partial charge on any atom is 0.342 e. The molecule has 3 aromatic rings. The molecule has 0 aliphatic carbocycles. The number of aryl methyl sites for hydroxylation is 1. The van der Waals surface area contributed by atoms with Crippen molar-refractivity contribution in [2.24, 2.45) is 0 Å². The first-order valence-electron chi connectivity index (χ1n) is 7.94. The minimum Gasteiger partial charge on any atom is -0.507 e. The standard InChI is InChI=1S/C18H15N3O6/c1-10-3-8-14(15(22)9-10)18(23)26-11(2)16-19-20-17(27-16)12-4-6-13(7-5-12)21(24)25/h3-9,11,22H,1-2H3/t11-/m0/s1. The van der Waals surface area contributed by atoms with Crippen LogP contribution in [-0.2, 0) is 4.74 Å². The van der Waals surface area contributed by atoms with E-state index in [1.54, 1.807) is 19.9 Å². The lowest BCUT2D eigenvalue weighted by molar-refractivity contribution is -0.384. The highest BCUT2D eigenvalue weighted by Gasteiger charge is 2.22. The zero-order valence-electron chi connectivity index (χ0n) is 14.4. The molecule has 3 rings (SSSR count). The van der Waals surface area contributed by atoms with Crippen LogP contribution in [0.15, 0.2) is 46.9 Å². The molecule has 2 aromatic carbocycles. The fourth-order valence-electron chi connectivity index (χ4n) is 2.33. The molecule has 0 amide bonds. The highest BCUT2D eigenvalue weighted by Crippen LogP contribution is 2.26. The minimum absolute atomic E-state index is 0.0301. The zero-order chi connectivity index (χ0) is 19.6. The van der Waals surface area contributed by atoms with Gasteiger partial charge in [0.2, 0.25) is 5.89 Å². The van der Waals surface area contributed by atoms with Gasteiger partial charge < -0.3 is 14.3 Å². The predicted octanol–water partition coefficient (Wildman–Crippen LogP) is 3.58. The lowest BCUT2D eigenvalue weighted by atomic mass is 10.1. The number of nitro groups is 1. The van der Waals surface area contributed by atoms with Crippen molar-refractivity contribution in [3.05, 3.63) is 69.6 Å². The third-order valence-corrected chi connectivity index (χ3v) is 3.77. The van der Waals surface area contributed by atoms with Crippen molar-refractivity contribution in [3.8, 4) is 17.2 Å². The number of hydrogen-bond acceptors (Lipinski definition) is 8. The number of aromatic hydroxyl groups is 1. The van der Waals surface area contributed by atoms with Crippen LogP contribution in [0.4, 0.5) is 5.69 Å². The van der Waals surface area contributed by atoms with Crippen LogP contribution in [0, 0.1) is 17.0 Å². The lowest BCUT2D eigenvalue weighted by Crippen LogP contribution is -2.10. The number of nitrogens with zero attached hydrogens (tertiary/aromatic N) is 3. The van der Waals surface area contributed by atoms with Crippen LogP contribution in [0.2, 0.25) is 0 Å². The van der Waals surface area contributed by atoms with Crippen LogP contribution in [0.1, 0.15) is 34.8 Å². The van der Waals surface area contributed by atoms with Crippen molar-refractivity contribution in [1.29, 1.82) is 0 Å². The van der Waals surface area contributed by atoms with Crippen molar-refractivity contribution in [3.63, 3.8) is 0 Å². The van der Waals surface area contributed by atoms with Crippen LogP contribution in [-0.4, -0.2) is 26.2 Å². The molecule has 0 saturated carbocycles. The van der Waals surface area contributed by atoms with Crippen molar-refractivity contribution in [1.82, 2.24) is 10.2 Å². The van der Waals surface area contributed by atoms with Crippen molar-refractivity contribution in [2.75, 3.05) is 0 Å². The van der Waals surface area contributed by atoms with Gasteiger partial charge in [0.1, 0.15) is 11.3 Å². The predicted molar refractivity (Wildman–Crippen MR) is 93.1 cm³/mol. The first-order chi connectivity index (χ1) is 12.8. The fourth-order valence-corrected chi connectivity index (χ4v) is 2.33. The van der Waals surface area contributed by atoms with Gasteiger partial charge in [0.25, 0.3) is 11.6 Å². The normalized spacial score (nSPS) is 11.8. The van der Waals surface area contributed by atoms with E-state index in [0.29, 0.717) is 5.56 Å². The second-order valence-electron chi connectivity index (χ2n) is 5.82. The highest BCUT2D eigenvalue weighted by atomic mass is 16.6. The summed E-state index contributed by atoms with van der Waals surface area (Å²) in [7, 11) is 0. The SMILES string of the molecule is Cc1ccc(C(=O)O[C@@H](C)c2nnc(-c3ccc([N+](=O)[O-])cc3)o2)c(O)c1. The topological polar surface area (TPSA) is 129 Å². The molecular formula is C18H15N3O6. The van der Waals surface area contributed by atoms with E-state index in [4.69, 9.17) is 9.15 Å². The van der Waals surface area contributed by atoms with E-state index in [-0.39, 0.29) is 28.8 Å². The molecule has 1 atom stereocenters. The first kappa shape index (κ1) is 18.1. The summed E-state index contributed by atoms with van der Waals surface area (Å²) >= 11 is 0. The second-order valence-corrected chi connectivity index (χ2v) is 5.82. The fraction of sp³-hybridized carbons (Fsp3) is 0.167. The molecule has 1 aromatic heterocycles. The quantitative estimate of drug-likeness (QED) is 0.410. The van der Waals surface area contributed by atoms with E-state index in [9.17, 15) is 20.0 Å². The Hall–Kier alpha value is -3.75. The number of carbonyl (C=O) groups is 1. The molecule has 27 heavy (non-hydrogen) atoms. The molecule has 1 N–H and O–H groups in total. The van der Waals surface area contributed by atoms with Gasteiger partial charge in [-0.05, 0) is 43.7 Å². The summed E-state index contributed by atoms with van der Waals surface area (Å²) in [6.07, 6.45) is -0.850. The van der Waals surface area contributed by atoms with Gasteiger partial charge in [0.05, 0.1) is 4.92 Å². The van der Waals surface area contributed by atoms with Gasteiger partial charge in [-0.25, -0.2) is 4.79 Å². The van der Waals surface area contributed by atoms with E-state index in [0.717, 1.165) is 5.56 Å². The summed E-state index contributed by atoms with van der Waals surface area (Å²) in [5, 5.41) is 28.3. The first-order valence-corrected chi connectivity index (χ1v) is 7.94. The number of aromatic nitrogens is 2. The maximum absolute atomic E-state index is 12.2. The van der Waals surface area contributed by atoms with Gasteiger partial charge in [-0.2, -0.15) is 0 Å². The number of phenols is 1. The summed E-state index contributed by atoms with van der Waals surface area (Å²) in [6, 6.07) is 10.2. The maximum atomic E-state index is 12.2. The van der Waals surface area contributed by atoms with Gasteiger partial charge in [-0.15, -0.1) is 10.2 Å². The Bertz CT molecular complexity index is 997. The summed E-state index contributed by atoms with van der Waals surface area (Å²) in [5.74, 6) is -0.705. The van der Waals surface area contributed by atoms with Gasteiger partial charge in [0, 0.05) is 17.7 Å². The van der Waals surface area contributed by atoms with E-state index in [1.807, 2.05) is 0 Å². The molecule has 0 aliphatic heterocycles. The Kier molecular flexibility index (Phi) is 4.84. The number of carbonyl (C=O) groups excluding carboxylic acids is 1. The third kappa shape index (κ3) is 3.92. The van der Waals surface area contributed by atoms with E-state index < -0.39 is 17.0 Å². The highest BCUT2D eigenvalue weighted by molar-refractivity contribution is 5.92. The molecular weight excluding hydrogens is 354 g/mol. The second kappa shape index (κ2) is 7.24. The Labute approximate surface area is 153 Å². The van der Waals surface area contributed by atoms with Gasteiger partial charge >= 0.3 is 5.97 Å². The van der Waals surface area contributed by atoms with E-state index in [1.165, 1.54) is 36.4 Å². The van der Waals surface area contributed by atoms with Crippen molar-refractivity contribution < 1.29 is 24.0 Å². The average Bonchev–Trinajstić information content (AvgIpc) is 3.12. The molecule has 9 heteroatoms. The Balaban J connectivity index is 1.73. The molecule has 0 saturated heterocycles. The number of ether oxygens (including phenoxy) is 1. The smallest absolute Gasteiger partial charge is 0.342 e. The van der Waals surface area contributed by atoms with Crippen molar-refractivity contribution in [2.45, 2.75) is 20.0 Å². The summed E-state index contributed by atoms with van der Waals surface area (Å²) in [6.45, 7) is 3.34. The van der Waals surface area contributed by atoms with E-state index >= 15 is 0 Å². The molecule has 0 aliphatic rings. The van der Waals surface area contributed by atoms with Crippen molar-refractivity contribution >= 4 is 11.7 Å². The number of non-ortho nitro benzene ring substituents is 1. The number of phenolic OH excluding ortho intramolecular Hbond substituents is 1. The van der Waals surface area contributed by atoms with Crippen LogP contribution < -0.4 is 0 Å². The van der Waals surface area contributed by atoms with E-state index in [2.05, 4.69) is 10.2 Å². The third-order valence-electron chi connectivity index (χ3n) is 3.77. The minimum atomic E-state index is -0.850. The summed E-state index contributed by atoms with van der Waals surface area (Å²) in [5.41, 5.74) is 1.28. The molecule has 0 radical (unpaired) electrons.